The number of hydrogen-bond donors (Lipinski definition) is 6. The summed E-state index contributed by atoms with van der Waals surface area (Å²) in [5.41, 5.74) is 0. The van der Waals surface area contributed by atoms with Crippen LogP contribution in [0.15, 0.2) is 4.58 Å². The smallest absolute Gasteiger partial charge is 0.244 e. The van der Waals surface area contributed by atoms with Crippen LogP contribution in [0.2, 0.25) is 0 Å². The van der Waals surface area contributed by atoms with Gasteiger partial charge in [-0.1, -0.05) is 0 Å². The molecule has 0 aromatic carbocycles. The molecule has 4 unspecified atom stereocenters. The summed E-state index contributed by atoms with van der Waals surface area (Å²) in [6.07, 6.45) is -4.91. The second-order valence-corrected chi connectivity index (χ2v) is 7.66. The summed E-state index contributed by atoms with van der Waals surface area (Å²) in [7, 11) is 0. The van der Waals surface area contributed by atoms with Crippen LogP contribution >= 0.6 is 11.9 Å². The van der Waals surface area contributed by atoms with Crippen LogP contribution in [0.1, 0.15) is 20.8 Å². The Labute approximate surface area is 148 Å². The Kier molecular flexibility index (Phi) is 7.28. The molecule has 0 spiro atoms. The van der Waals surface area contributed by atoms with E-state index in [9.17, 15) is 34.9 Å². The van der Waals surface area contributed by atoms with E-state index >= 15 is 0 Å². The van der Waals surface area contributed by atoms with Crippen LogP contribution in [0.4, 0.5) is 0 Å². The minimum Gasteiger partial charge on any atom is -0.388 e. The second kappa shape index (κ2) is 8.38. The van der Waals surface area contributed by atoms with Gasteiger partial charge in [-0.3, -0.25) is 9.59 Å². The van der Waals surface area contributed by atoms with E-state index in [2.05, 4.69) is 15.2 Å². The van der Waals surface area contributed by atoms with Crippen molar-refractivity contribution in [2.45, 2.75) is 55.7 Å². The van der Waals surface area contributed by atoms with E-state index in [-0.39, 0.29) is 0 Å². The van der Waals surface area contributed by atoms with Crippen molar-refractivity contribution in [1.82, 2.24) is 10.6 Å². The van der Waals surface area contributed by atoms with Gasteiger partial charge in [0.2, 0.25) is 17.6 Å². The molecule has 1 rings (SSSR count). The van der Waals surface area contributed by atoms with Crippen molar-refractivity contribution in [2.75, 3.05) is 13.2 Å². The number of nitrogens with one attached hydrogen (secondary N) is 2. The van der Waals surface area contributed by atoms with Gasteiger partial charge >= 0.3 is 0 Å². The molecule has 0 radical (unpaired) electrons. The van der Waals surface area contributed by atoms with Gasteiger partial charge in [-0.2, -0.15) is 0 Å². The van der Waals surface area contributed by atoms with Gasteiger partial charge in [-0.25, -0.2) is 0 Å². The van der Waals surface area contributed by atoms with E-state index in [1.807, 2.05) is 0 Å². The van der Waals surface area contributed by atoms with E-state index in [0.717, 1.165) is 0 Å². The van der Waals surface area contributed by atoms with Gasteiger partial charge in [0.05, 0.1) is 17.9 Å². The summed E-state index contributed by atoms with van der Waals surface area (Å²) in [6.45, 7) is 3.15. The van der Waals surface area contributed by atoms with Crippen molar-refractivity contribution < 1.29 is 34.8 Å². The zero-order valence-electron chi connectivity index (χ0n) is 14.0. The van der Waals surface area contributed by atoms with Crippen LogP contribution < -0.4 is 10.6 Å². The average Bonchev–Trinajstić information content (AvgIpc) is 2.52. The quantitative estimate of drug-likeness (QED) is 0.207. The first-order valence-electron chi connectivity index (χ1n) is 7.41. The Bertz CT molecular complexity index is 520. The van der Waals surface area contributed by atoms with Crippen molar-refractivity contribution in [3.8, 4) is 0 Å². The Balaban J connectivity index is 2.83. The predicted molar refractivity (Wildman–Crippen MR) is 87.0 cm³/mol. The minimum atomic E-state index is -2.32. The fraction of sp³-hybridized carbons (Fsp3) is 0.846. The number of carbonyl (C=O) groups is 2. The summed E-state index contributed by atoms with van der Waals surface area (Å²) >= 11 is 0.551. The third-order valence-electron chi connectivity index (χ3n) is 3.78. The number of carbonyl (C=O) groups excluding carboxylic acids is 2. The normalized spacial score (nSPS) is 31.1. The van der Waals surface area contributed by atoms with Gasteiger partial charge in [0.15, 0.2) is 0 Å². The Morgan fingerprint density at radius 1 is 1.40 bits per heavy atom. The molecule has 1 fully saturated rings. The van der Waals surface area contributed by atoms with E-state index in [1.165, 1.54) is 20.8 Å². The number of amides is 2. The summed E-state index contributed by atoms with van der Waals surface area (Å²) in [6, 6.07) is -1.17. The van der Waals surface area contributed by atoms with Gasteiger partial charge in [-0.05, 0) is 13.8 Å². The summed E-state index contributed by atoms with van der Waals surface area (Å²) in [5, 5.41) is 43.7. The highest BCUT2D eigenvalue weighted by Crippen LogP contribution is 2.29. The zero-order valence-corrected chi connectivity index (χ0v) is 14.8. The van der Waals surface area contributed by atoms with Crippen molar-refractivity contribution in [1.29, 1.82) is 0 Å². The zero-order chi connectivity index (χ0) is 19.4. The first-order chi connectivity index (χ1) is 11.4. The highest BCUT2D eigenvalue weighted by atomic mass is 32.2. The first-order valence-corrected chi connectivity index (χ1v) is 8.18. The molecule has 0 bridgehead atoms. The molecule has 12 heteroatoms. The molecule has 1 aliphatic rings. The molecule has 25 heavy (non-hydrogen) atoms. The number of aliphatic hydroxyl groups is 4. The molecule has 0 aromatic heterocycles. The molecule has 5 atom stereocenters. The molecule has 11 nitrogen and oxygen atoms in total. The highest BCUT2D eigenvalue weighted by Gasteiger charge is 2.49. The average molecular weight is 381 g/mol. The maximum Gasteiger partial charge on any atom is 0.244 e. The number of hydrogen-bond acceptors (Lipinski definition) is 10. The summed E-state index contributed by atoms with van der Waals surface area (Å²) in [5.74, 6) is -3.61. The molecule has 1 saturated heterocycles. The topological polar surface area (TPSA) is 178 Å². The van der Waals surface area contributed by atoms with Gasteiger partial charge in [0, 0.05) is 23.5 Å². The Morgan fingerprint density at radius 3 is 2.52 bits per heavy atom. The third-order valence-corrected chi connectivity index (χ3v) is 4.56. The maximum absolute atomic E-state index is 12.4. The number of rotatable bonds is 7. The van der Waals surface area contributed by atoms with Crippen LogP contribution in [0, 0.1) is 4.91 Å². The summed E-state index contributed by atoms with van der Waals surface area (Å²) < 4.78 is 6.50. The molecule has 2 amide bonds. The molecule has 6 N–H and O–H groups in total. The van der Waals surface area contributed by atoms with Crippen LogP contribution in [-0.4, -0.2) is 80.3 Å². The first kappa shape index (κ1) is 21.7. The van der Waals surface area contributed by atoms with Crippen molar-refractivity contribution in [2.24, 2.45) is 4.58 Å². The molecular weight excluding hydrogens is 358 g/mol. The van der Waals surface area contributed by atoms with Gasteiger partial charge in [0.25, 0.3) is 0 Å². The van der Waals surface area contributed by atoms with Crippen molar-refractivity contribution in [3.05, 3.63) is 4.91 Å². The molecule has 1 aliphatic heterocycles. The summed E-state index contributed by atoms with van der Waals surface area (Å²) in [4.78, 5) is 34.2. The van der Waals surface area contributed by atoms with Crippen LogP contribution in [-0.2, 0) is 14.3 Å². The largest absolute Gasteiger partial charge is 0.388 e. The van der Waals surface area contributed by atoms with E-state index in [4.69, 9.17) is 4.74 Å². The number of aliphatic hydroxyl groups excluding tert-OH is 3. The Hall–Kier alpha value is -1.31. The van der Waals surface area contributed by atoms with E-state index in [0.29, 0.717) is 11.9 Å². The molecule has 0 aromatic rings. The number of ether oxygens (including phenoxy) is 1. The molecule has 144 valence electrons. The van der Waals surface area contributed by atoms with Gasteiger partial charge in [0.1, 0.15) is 24.4 Å². The highest BCUT2D eigenvalue weighted by molar-refractivity contribution is 7.99. The minimum absolute atomic E-state index is 0.448. The lowest BCUT2D eigenvalue weighted by atomic mass is 9.96. The lowest BCUT2D eigenvalue weighted by Gasteiger charge is -2.42. The maximum atomic E-state index is 12.4. The van der Waals surface area contributed by atoms with Crippen LogP contribution in [0.3, 0.4) is 0 Å². The fourth-order valence-corrected chi connectivity index (χ4v) is 2.73. The fourth-order valence-electron chi connectivity index (χ4n) is 2.27. The van der Waals surface area contributed by atoms with E-state index < -0.39 is 59.9 Å². The molecule has 0 aliphatic carbocycles. The molecule has 0 saturated carbocycles. The number of nitrogens with zero attached hydrogens (tertiary/aromatic N) is 1. The number of nitroso groups, excluding NO2 is 1. The standard InChI is InChI=1S/C13H23N3O8S/c1-6(17)15-9(12(2,3)25-16-23)11(21)14-5-13(22)10(20)8(19)7(18)4-24-13/h7-10,18-20,22H,4-5H2,1-3H3,(H,14,21)(H,15,17)/t7?,8?,9-,10?,13?/m0/s1. The third kappa shape index (κ3) is 5.33. The van der Waals surface area contributed by atoms with Crippen LogP contribution in [0.5, 0.6) is 0 Å². The van der Waals surface area contributed by atoms with Crippen LogP contribution in [0.25, 0.3) is 0 Å². The van der Waals surface area contributed by atoms with E-state index in [1.54, 1.807) is 0 Å². The Morgan fingerprint density at radius 2 is 2.00 bits per heavy atom. The van der Waals surface area contributed by atoms with Crippen molar-refractivity contribution >= 4 is 23.8 Å². The van der Waals surface area contributed by atoms with Gasteiger partial charge < -0.3 is 35.8 Å². The van der Waals surface area contributed by atoms with Gasteiger partial charge in [-0.15, -0.1) is 4.91 Å². The lowest BCUT2D eigenvalue weighted by Crippen LogP contribution is -2.66. The lowest BCUT2D eigenvalue weighted by molar-refractivity contribution is -0.317. The molecular formula is C13H23N3O8S. The SMILES string of the molecule is CC(=O)N[C@@H](C(=O)NCC1(O)OCC(O)C(O)C1O)C(C)(C)SN=O. The van der Waals surface area contributed by atoms with Crippen molar-refractivity contribution in [3.63, 3.8) is 0 Å². The molecule has 1 heterocycles. The monoisotopic (exact) mass is 381 g/mol. The second-order valence-electron chi connectivity index (χ2n) is 6.28. The predicted octanol–water partition coefficient (Wildman–Crippen LogP) is -2.40.